The van der Waals surface area contributed by atoms with Gasteiger partial charge in [-0.3, -0.25) is 4.79 Å². The minimum absolute atomic E-state index is 0.0695. The minimum atomic E-state index is 0.0695. The van der Waals surface area contributed by atoms with Gasteiger partial charge in [-0.1, -0.05) is 46.3 Å². The van der Waals surface area contributed by atoms with Crippen LogP contribution in [0, 0.1) is 13.8 Å². The highest BCUT2D eigenvalue weighted by molar-refractivity contribution is 9.10. The highest BCUT2D eigenvalue weighted by Gasteiger charge is 2.34. The van der Waals surface area contributed by atoms with Crippen molar-refractivity contribution in [1.82, 2.24) is 9.55 Å². The summed E-state index contributed by atoms with van der Waals surface area (Å²) in [6.07, 6.45) is 2.41. The second-order valence-electron chi connectivity index (χ2n) is 9.32. The van der Waals surface area contributed by atoms with Gasteiger partial charge in [-0.05, 0) is 74.2 Å². The molecule has 5 rings (SSSR count). The largest absolute Gasteiger partial charge is 0.493 e. The number of aryl methyl sites for hydroxylation is 3. The molecular formula is C29H30BrN3O2. The first-order valence-corrected chi connectivity index (χ1v) is 13.0. The van der Waals surface area contributed by atoms with Crippen molar-refractivity contribution in [1.29, 1.82) is 0 Å². The number of amides is 1. The van der Waals surface area contributed by atoms with E-state index < -0.39 is 0 Å². The van der Waals surface area contributed by atoms with E-state index in [2.05, 4.69) is 70.7 Å². The van der Waals surface area contributed by atoms with Crippen LogP contribution >= 0.6 is 15.9 Å². The normalized spacial score (nSPS) is 15.8. The summed E-state index contributed by atoms with van der Waals surface area (Å²) in [7, 11) is 0. The van der Waals surface area contributed by atoms with E-state index in [9.17, 15) is 4.79 Å². The zero-order valence-corrected chi connectivity index (χ0v) is 21.8. The molecule has 0 radical (unpaired) electrons. The van der Waals surface area contributed by atoms with Gasteiger partial charge in [-0.2, -0.15) is 0 Å². The number of rotatable bonds is 8. The molecule has 0 aliphatic carbocycles. The lowest BCUT2D eigenvalue weighted by atomic mass is 10.1. The summed E-state index contributed by atoms with van der Waals surface area (Å²) in [4.78, 5) is 19.8. The Morgan fingerprint density at radius 3 is 2.74 bits per heavy atom. The molecule has 1 fully saturated rings. The van der Waals surface area contributed by atoms with Gasteiger partial charge in [0, 0.05) is 35.6 Å². The molecule has 0 spiro atoms. The number of unbranched alkanes of at least 4 members (excludes halogenated alkanes) is 1. The number of fused-ring (bicyclic) bond motifs is 1. The fourth-order valence-corrected chi connectivity index (χ4v) is 5.22. The monoisotopic (exact) mass is 531 g/mol. The number of aromatic nitrogens is 2. The first-order chi connectivity index (χ1) is 17.0. The molecule has 1 atom stereocenters. The van der Waals surface area contributed by atoms with Crippen LogP contribution in [-0.4, -0.2) is 28.6 Å². The number of halogens is 1. The Kier molecular flexibility index (Phi) is 6.91. The van der Waals surface area contributed by atoms with Gasteiger partial charge in [0.15, 0.2) is 0 Å². The SMILES string of the molecule is Cc1ccc(C)c(OCCCCn2c(C3CC(=O)N(c4cccc(Br)c4)C3)nc3ccccc32)c1. The number of carbonyl (C=O) groups excluding carboxylic acids is 1. The average molecular weight is 532 g/mol. The molecule has 4 aromatic rings. The minimum Gasteiger partial charge on any atom is -0.493 e. The zero-order chi connectivity index (χ0) is 24.4. The molecule has 6 heteroatoms. The van der Waals surface area contributed by atoms with Gasteiger partial charge >= 0.3 is 0 Å². The molecule has 1 amide bonds. The maximum Gasteiger partial charge on any atom is 0.227 e. The van der Waals surface area contributed by atoms with Gasteiger partial charge in [0.2, 0.25) is 5.91 Å². The lowest BCUT2D eigenvalue weighted by molar-refractivity contribution is -0.117. The molecule has 1 aromatic heterocycles. The maximum atomic E-state index is 12.9. The van der Waals surface area contributed by atoms with Crippen LogP contribution in [0.3, 0.4) is 0 Å². The number of anilines is 1. The van der Waals surface area contributed by atoms with Crippen LogP contribution in [0.5, 0.6) is 5.75 Å². The summed E-state index contributed by atoms with van der Waals surface area (Å²) < 4.78 is 9.35. The van der Waals surface area contributed by atoms with Crippen LogP contribution in [0.1, 0.15) is 42.1 Å². The van der Waals surface area contributed by atoms with Crippen LogP contribution in [0.4, 0.5) is 5.69 Å². The maximum absolute atomic E-state index is 12.9. The Hall–Kier alpha value is -3.12. The Labute approximate surface area is 214 Å². The number of hydrogen-bond acceptors (Lipinski definition) is 3. The standard InChI is InChI=1S/C29H30BrN3O2/c1-20-12-13-21(2)27(16-20)35-15-6-5-14-32-26-11-4-3-10-25(26)31-29(32)22-17-28(34)33(19-22)24-9-7-8-23(30)18-24/h3-4,7-13,16,18,22H,5-6,14-15,17,19H2,1-2H3. The summed E-state index contributed by atoms with van der Waals surface area (Å²) in [5.74, 6) is 2.19. The molecule has 35 heavy (non-hydrogen) atoms. The number of para-hydroxylation sites is 2. The van der Waals surface area contributed by atoms with Crippen molar-refractivity contribution in [2.24, 2.45) is 0 Å². The van der Waals surface area contributed by atoms with E-state index in [1.807, 2.05) is 35.2 Å². The second-order valence-corrected chi connectivity index (χ2v) is 10.2. The van der Waals surface area contributed by atoms with E-state index in [1.165, 1.54) is 11.1 Å². The zero-order valence-electron chi connectivity index (χ0n) is 20.2. The highest BCUT2D eigenvalue weighted by Crippen LogP contribution is 2.34. The molecule has 0 N–H and O–H groups in total. The van der Waals surface area contributed by atoms with Crippen LogP contribution < -0.4 is 9.64 Å². The van der Waals surface area contributed by atoms with E-state index in [0.717, 1.165) is 52.2 Å². The Bertz CT molecular complexity index is 1360. The Morgan fingerprint density at radius 2 is 1.89 bits per heavy atom. The van der Waals surface area contributed by atoms with Crippen molar-refractivity contribution in [3.05, 3.63) is 88.2 Å². The molecule has 1 saturated heterocycles. The molecule has 5 nitrogen and oxygen atoms in total. The molecule has 3 aromatic carbocycles. The second kappa shape index (κ2) is 10.2. The molecule has 1 aliphatic rings. The fraction of sp³-hybridized carbons (Fsp3) is 0.310. The lowest BCUT2D eigenvalue weighted by Crippen LogP contribution is -2.24. The molecular weight excluding hydrogens is 502 g/mol. The van der Waals surface area contributed by atoms with Gasteiger partial charge in [-0.15, -0.1) is 0 Å². The number of ether oxygens (including phenoxy) is 1. The van der Waals surface area contributed by atoms with Crippen molar-refractivity contribution in [3.63, 3.8) is 0 Å². The first kappa shape index (κ1) is 23.6. The van der Waals surface area contributed by atoms with Gasteiger partial charge in [0.1, 0.15) is 11.6 Å². The van der Waals surface area contributed by atoms with Crippen molar-refractivity contribution in [2.45, 2.75) is 45.6 Å². The third kappa shape index (κ3) is 5.13. The third-order valence-electron chi connectivity index (χ3n) is 6.67. The number of imidazole rings is 1. The first-order valence-electron chi connectivity index (χ1n) is 12.2. The Balaban J connectivity index is 1.30. The number of nitrogens with zero attached hydrogens (tertiary/aromatic N) is 3. The van der Waals surface area contributed by atoms with Gasteiger partial charge < -0.3 is 14.2 Å². The topological polar surface area (TPSA) is 47.4 Å². The van der Waals surface area contributed by atoms with E-state index in [-0.39, 0.29) is 11.8 Å². The van der Waals surface area contributed by atoms with Crippen molar-refractivity contribution in [2.75, 3.05) is 18.1 Å². The van der Waals surface area contributed by atoms with E-state index in [4.69, 9.17) is 9.72 Å². The van der Waals surface area contributed by atoms with Crippen LogP contribution in [0.2, 0.25) is 0 Å². The average Bonchev–Trinajstić information content (AvgIpc) is 3.41. The van der Waals surface area contributed by atoms with Gasteiger partial charge in [0.05, 0.1) is 17.6 Å². The fourth-order valence-electron chi connectivity index (χ4n) is 4.83. The summed E-state index contributed by atoms with van der Waals surface area (Å²) in [6.45, 7) is 6.36. The van der Waals surface area contributed by atoms with Crippen LogP contribution in [0.15, 0.2) is 71.2 Å². The molecule has 0 saturated carbocycles. The van der Waals surface area contributed by atoms with E-state index in [1.54, 1.807) is 0 Å². The quantitative estimate of drug-likeness (QED) is 0.235. The van der Waals surface area contributed by atoms with E-state index in [0.29, 0.717) is 19.6 Å². The molecule has 1 unspecified atom stereocenters. The van der Waals surface area contributed by atoms with Crippen LogP contribution in [-0.2, 0) is 11.3 Å². The third-order valence-corrected chi connectivity index (χ3v) is 7.16. The van der Waals surface area contributed by atoms with Crippen molar-refractivity contribution < 1.29 is 9.53 Å². The molecule has 0 bridgehead atoms. The predicted octanol–water partition coefficient (Wildman–Crippen LogP) is 6.80. The summed E-state index contributed by atoms with van der Waals surface area (Å²) in [5.41, 5.74) is 5.43. The number of hydrogen-bond donors (Lipinski definition) is 0. The lowest BCUT2D eigenvalue weighted by Gasteiger charge is -2.18. The van der Waals surface area contributed by atoms with Gasteiger partial charge in [-0.25, -0.2) is 4.98 Å². The molecule has 2 heterocycles. The summed E-state index contributed by atoms with van der Waals surface area (Å²) >= 11 is 3.52. The molecule has 180 valence electrons. The van der Waals surface area contributed by atoms with E-state index >= 15 is 0 Å². The Morgan fingerprint density at radius 1 is 1.03 bits per heavy atom. The molecule has 1 aliphatic heterocycles. The highest BCUT2D eigenvalue weighted by atomic mass is 79.9. The van der Waals surface area contributed by atoms with Crippen molar-refractivity contribution >= 4 is 38.6 Å². The van der Waals surface area contributed by atoms with Gasteiger partial charge in [0.25, 0.3) is 0 Å². The predicted molar refractivity (Wildman–Crippen MR) is 144 cm³/mol. The number of benzene rings is 3. The summed E-state index contributed by atoms with van der Waals surface area (Å²) in [5, 5.41) is 0. The van der Waals surface area contributed by atoms with Crippen LogP contribution in [0.25, 0.3) is 11.0 Å². The smallest absolute Gasteiger partial charge is 0.227 e. The van der Waals surface area contributed by atoms with Crippen molar-refractivity contribution in [3.8, 4) is 5.75 Å². The number of carbonyl (C=O) groups is 1. The summed E-state index contributed by atoms with van der Waals surface area (Å²) in [6, 6.07) is 22.5.